The first-order valence-electron chi connectivity index (χ1n) is 5.61. The number of halogens is 1. The number of aromatic nitrogens is 1. The quantitative estimate of drug-likeness (QED) is 0.803. The zero-order valence-corrected chi connectivity index (χ0v) is 12.4. The molecule has 0 unspecified atom stereocenters. The third-order valence-electron chi connectivity index (χ3n) is 2.50. The standard InChI is InChI=1S/C13H9ClN2O4S/c1-19-12-6-9(7-15)2-4-11(12)20-13-5-3-10(8-16-13)21(14,17)18/h2-6,8H,1H3. The van der Waals surface area contributed by atoms with Crippen molar-refractivity contribution in [3.63, 3.8) is 0 Å². The fourth-order valence-corrected chi connectivity index (χ4v) is 2.19. The van der Waals surface area contributed by atoms with E-state index in [0.717, 1.165) is 6.20 Å². The third-order valence-corrected chi connectivity index (χ3v) is 3.84. The third kappa shape index (κ3) is 3.62. The Labute approximate surface area is 125 Å². The van der Waals surface area contributed by atoms with E-state index in [4.69, 9.17) is 25.4 Å². The molecule has 0 atom stereocenters. The summed E-state index contributed by atoms with van der Waals surface area (Å²) < 4.78 is 32.8. The van der Waals surface area contributed by atoms with E-state index in [1.54, 1.807) is 12.1 Å². The van der Waals surface area contributed by atoms with Crippen LogP contribution in [0.3, 0.4) is 0 Å². The summed E-state index contributed by atoms with van der Waals surface area (Å²) >= 11 is 0. The van der Waals surface area contributed by atoms with Gasteiger partial charge in [0.2, 0.25) is 5.88 Å². The average molecular weight is 325 g/mol. The largest absolute Gasteiger partial charge is 0.493 e. The van der Waals surface area contributed by atoms with Gasteiger partial charge in [0, 0.05) is 22.8 Å². The van der Waals surface area contributed by atoms with Gasteiger partial charge in [0.1, 0.15) is 4.90 Å². The molecule has 0 bridgehead atoms. The maximum absolute atomic E-state index is 11.1. The van der Waals surface area contributed by atoms with E-state index in [2.05, 4.69) is 4.98 Å². The second-order valence-electron chi connectivity index (χ2n) is 3.85. The highest BCUT2D eigenvalue weighted by Crippen LogP contribution is 2.31. The first kappa shape index (κ1) is 15.1. The van der Waals surface area contributed by atoms with Crippen LogP contribution in [0.2, 0.25) is 0 Å². The molecular weight excluding hydrogens is 316 g/mol. The van der Waals surface area contributed by atoms with Crippen LogP contribution in [-0.4, -0.2) is 20.5 Å². The van der Waals surface area contributed by atoms with Crippen molar-refractivity contribution in [3.8, 4) is 23.4 Å². The van der Waals surface area contributed by atoms with Crippen LogP contribution in [-0.2, 0) is 9.05 Å². The fraction of sp³-hybridized carbons (Fsp3) is 0.0769. The zero-order chi connectivity index (χ0) is 15.5. The molecule has 1 aromatic carbocycles. The summed E-state index contributed by atoms with van der Waals surface area (Å²) in [6.45, 7) is 0. The molecule has 0 saturated heterocycles. The number of nitriles is 1. The maximum Gasteiger partial charge on any atom is 0.262 e. The monoisotopic (exact) mass is 324 g/mol. The van der Waals surface area contributed by atoms with Crippen LogP contribution in [0.15, 0.2) is 41.4 Å². The zero-order valence-electron chi connectivity index (χ0n) is 10.8. The van der Waals surface area contributed by atoms with Gasteiger partial charge in [-0.25, -0.2) is 13.4 Å². The topological polar surface area (TPSA) is 89.3 Å². The summed E-state index contributed by atoms with van der Waals surface area (Å²) in [6, 6.07) is 9.28. The lowest BCUT2D eigenvalue weighted by Crippen LogP contribution is -1.95. The highest BCUT2D eigenvalue weighted by atomic mass is 35.7. The van der Waals surface area contributed by atoms with Gasteiger partial charge >= 0.3 is 0 Å². The average Bonchev–Trinajstić information content (AvgIpc) is 2.47. The Balaban J connectivity index is 2.28. The Morgan fingerprint density at radius 3 is 2.52 bits per heavy atom. The van der Waals surface area contributed by atoms with Crippen molar-refractivity contribution in [2.75, 3.05) is 7.11 Å². The second-order valence-corrected chi connectivity index (χ2v) is 6.42. The number of ether oxygens (including phenoxy) is 2. The SMILES string of the molecule is COc1cc(C#N)ccc1Oc1ccc(S(=O)(=O)Cl)cn1. The number of benzene rings is 1. The van der Waals surface area contributed by atoms with E-state index in [-0.39, 0.29) is 10.8 Å². The summed E-state index contributed by atoms with van der Waals surface area (Å²) in [5.41, 5.74) is 0.427. The van der Waals surface area contributed by atoms with Crippen LogP contribution in [0.1, 0.15) is 5.56 Å². The van der Waals surface area contributed by atoms with Gasteiger partial charge in [0.05, 0.1) is 24.9 Å². The smallest absolute Gasteiger partial charge is 0.262 e. The Hall–Kier alpha value is -2.30. The molecule has 0 fully saturated rings. The minimum Gasteiger partial charge on any atom is -0.493 e. The molecule has 2 aromatic rings. The summed E-state index contributed by atoms with van der Waals surface area (Å²) in [7, 11) is 2.82. The van der Waals surface area contributed by atoms with Gasteiger partial charge in [-0.2, -0.15) is 5.26 Å². The molecule has 2 rings (SSSR count). The number of methoxy groups -OCH3 is 1. The lowest BCUT2D eigenvalue weighted by atomic mass is 10.2. The number of hydrogen-bond acceptors (Lipinski definition) is 6. The lowest BCUT2D eigenvalue weighted by molar-refractivity contribution is 0.374. The molecule has 1 aromatic heterocycles. The molecule has 0 radical (unpaired) electrons. The van der Waals surface area contributed by atoms with E-state index in [1.165, 1.54) is 25.3 Å². The fourth-order valence-electron chi connectivity index (χ4n) is 1.51. The molecule has 0 aliphatic rings. The molecule has 1 heterocycles. The molecule has 8 heteroatoms. The van der Waals surface area contributed by atoms with Crippen molar-refractivity contribution in [3.05, 3.63) is 42.1 Å². The van der Waals surface area contributed by atoms with Gasteiger partial charge in [-0.15, -0.1) is 0 Å². The molecule has 0 N–H and O–H groups in total. The molecule has 0 aliphatic heterocycles. The highest BCUT2D eigenvalue weighted by molar-refractivity contribution is 8.13. The second kappa shape index (κ2) is 5.99. The number of pyridine rings is 1. The predicted octanol–water partition coefficient (Wildman–Crippen LogP) is 2.68. The molecule has 0 saturated carbocycles. The molecule has 0 aliphatic carbocycles. The van der Waals surface area contributed by atoms with Gasteiger partial charge in [-0.1, -0.05) is 0 Å². The molecular formula is C13H9ClN2O4S. The van der Waals surface area contributed by atoms with Crippen LogP contribution in [0.4, 0.5) is 0 Å². The molecule has 108 valence electrons. The van der Waals surface area contributed by atoms with Gasteiger partial charge < -0.3 is 9.47 Å². The van der Waals surface area contributed by atoms with Crippen molar-refractivity contribution in [1.29, 1.82) is 5.26 Å². The molecule has 0 amide bonds. The Morgan fingerprint density at radius 2 is 2.00 bits per heavy atom. The number of nitrogens with zero attached hydrogens (tertiary/aromatic N) is 2. The van der Waals surface area contributed by atoms with Gasteiger partial charge in [0.15, 0.2) is 11.5 Å². The van der Waals surface area contributed by atoms with E-state index < -0.39 is 9.05 Å². The predicted molar refractivity (Wildman–Crippen MR) is 75.1 cm³/mol. The van der Waals surface area contributed by atoms with Crippen LogP contribution in [0, 0.1) is 11.3 Å². The first-order chi connectivity index (χ1) is 9.94. The normalized spacial score (nSPS) is 10.7. The van der Waals surface area contributed by atoms with Crippen molar-refractivity contribution < 1.29 is 17.9 Å². The Morgan fingerprint density at radius 1 is 1.24 bits per heavy atom. The highest BCUT2D eigenvalue weighted by Gasteiger charge is 2.12. The summed E-state index contributed by atoms with van der Waals surface area (Å²) in [5.74, 6) is 0.887. The molecule has 0 spiro atoms. The van der Waals surface area contributed by atoms with E-state index in [1.807, 2.05) is 6.07 Å². The van der Waals surface area contributed by atoms with Gasteiger partial charge in [-0.05, 0) is 18.2 Å². The van der Waals surface area contributed by atoms with Gasteiger partial charge in [-0.3, -0.25) is 0 Å². The number of rotatable bonds is 4. The van der Waals surface area contributed by atoms with Crippen LogP contribution >= 0.6 is 10.7 Å². The Kier molecular flexibility index (Phi) is 4.31. The van der Waals surface area contributed by atoms with Crippen molar-refractivity contribution in [2.24, 2.45) is 0 Å². The maximum atomic E-state index is 11.1. The van der Waals surface area contributed by atoms with E-state index >= 15 is 0 Å². The number of hydrogen-bond donors (Lipinski definition) is 0. The van der Waals surface area contributed by atoms with E-state index in [0.29, 0.717) is 17.1 Å². The summed E-state index contributed by atoms with van der Waals surface area (Å²) in [5, 5.41) is 8.82. The molecule has 21 heavy (non-hydrogen) atoms. The van der Waals surface area contributed by atoms with Crippen LogP contribution < -0.4 is 9.47 Å². The summed E-state index contributed by atoms with van der Waals surface area (Å²) in [4.78, 5) is 3.73. The van der Waals surface area contributed by atoms with Crippen LogP contribution in [0.5, 0.6) is 17.4 Å². The van der Waals surface area contributed by atoms with Crippen molar-refractivity contribution in [2.45, 2.75) is 4.90 Å². The van der Waals surface area contributed by atoms with Crippen molar-refractivity contribution >= 4 is 19.7 Å². The summed E-state index contributed by atoms with van der Waals surface area (Å²) in [6.07, 6.45) is 1.09. The minimum atomic E-state index is -3.82. The first-order valence-corrected chi connectivity index (χ1v) is 7.91. The van der Waals surface area contributed by atoms with Crippen LogP contribution in [0.25, 0.3) is 0 Å². The van der Waals surface area contributed by atoms with E-state index in [9.17, 15) is 8.42 Å². The minimum absolute atomic E-state index is 0.122. The van der Waals surface area contributed by atoms with Crippen molar-refractivity contribution in [1.82, 2.24) is 4.98 Å². The molecule has 6 nitrogen and oxygen atoms in total. The van der Waals surface area contributed by atoms with Gasteiger partial charge in [0.25, 0.3) is 9.05 Å². The Bertz CT molecular complexity index is 798. The lowest BCUT2D eigenvalue weighted by Gasteiger charge is -2.09.